The Labute approximate surface area is 147 Å². The van der Waals surface area contributed by atoms with Gasteiger partial charge in [0.2, 0.25) is 0 Å². The van der Waals surface area contributed by atoms with Crippen LogP contribution in [-0.4, -0.2) is 27.9 Å². The first-order chi connectivity index (χ1) is 12.0. The summed E-state index contributed by atoms with van der Waals surface area (Å²) in [6.07, 6.45) is 1.34. The molecule has 0 aliphatic rings. The first kappa shape index (κ1) is 17.0. The Hall–Kier alpha value is -2.80. The van der Waals surface area contributed by atoms with Crippen LogP contribution in [0, 0.1) is 6.92 Å². The number of hydrogen-bond donors (Lipinski definition) is 0. The molecule has 0 N–H and O–H groups in total. The third-order valence-electron chi connectivity index (χ3n) is 3.79. The molecule has 25 heavy (non-hydrogen) atoms. The summed E-state index contributed by atoms with van der Waals surface area (Å²) in [4.78, 5) is 42.1. The van der Waals surface area contributed by atoms with Gasteiger partial charge in [-0.05, 0) is 19.4 Å². The molecule has 0 aliphatic heterocycles. The summed E-state index contributed by atoms with van der Waals surface area (Å²) in [5, 5.41) is 0.358. The van der Waals surface area contributed by atoms with Gasteiger partial charge >= 0.3 is 5.97 Å². The van der Waals surface area contributed by atoms with Crippen molar-refractivity contribution >= 4 is 33.3 Å². The van der Waals surface area contributed by atoms with Crippen LogP contribution in [0.25, 0.3) is 10.2 Å². The highest BCUT2D eigenvalue weighted by molar-refractivity contribution is 7.20. The largest absolute Gasteiger partial charge is 0.462 e. The molecule has 6 nitrogen and oxygen atoms in total. The van der Waals surface area contributed by atoms with E-state index in [9.17, 15) is 14.4 Å². The molecule has 0 bridgehead atoms. The van der Waals surface area contributed by atoms with Gasteiger partial charge in [0.05, 0.1) is 24.9 Å². The van der Waals surface area contributed by atoms with E-state index in [4.69, 9.17) is 4.74 Å². The Morgan fingerprint density at radius 2 is 1.96 bits per heavy atom. The zero-order valence-corrected chi connectivity index (χ0v) is 14.6. The number of Topliss-reactive ketones (excluding diaryl/α,β-unsaturated/α-hetero) is 1. The molecule has 0 spiro atoms. The number of thiophene rings is 1. The molecule has 0 saturated carbocycles. The van der Waals surface area contributed by atoms with E-state index in [1.165, 1.54) is 10.9 Å². The molecule has 7 heteroatoms. The van der Waals surface area contributed by atoms with Crippen molar-refractivity contribution in [3.63, 3.8) is 0 Å². The summed E-state index contributed by atoms with van der Waals surface area (Å²) in [6, 6.07) is 8.77. The van der Waals surface area contributed by atoms with Crippen molar-refractivity contribution in [3.05, 3.63) is 63.0 Å². The fourth-order valence-electron chi connectivity index (χ4n) is 2.53. The fourth-order valence-corrected chi connectivity index (χ4v) is 3.57. The van der Waals surface area contributed by atoms with Crippen LogP contribution in [-0.2, 0) is 11.3 Å². The van der Waals surface area contributed by atoms with Crippen molar-refractivity contribution in [1.82, 2.24) is 9.55 Å². The quantitative estimate of drug-likeness (QED) is 0.519. The van der Waals surface area contributed by atoms with E-state index in [0.717, 1.165) is 11.3 Å². The van der Waals surface area contributed by atoms with Crippen LogP contribution in [0.5, 0.6) is 0 Å². The summed E-state index contributed by atoms with van der Waals surface area (Å²) in [6.45, 7) is 3.57. The van der Waals surface area contributed by atoms with Gasteiger partial charge < -0.3 is 4.74 Å². The average Bonchev–Trinajstić information content (AvgIpc) is 2.96. The van der Waals surface area contributed by atoms with Gasteiger partial charge in [-0.25, -0.2) is 9.78 Å². The second kappa shape index (κ2) is 6.98. The SMILES string of the molecule is CCOC(=O)c1sc2ncn(CC(=O)c3ccccc3)c(=O)c2c1C. The molecule has 0 fully saturated rings. The third kappa shape index (κ3) is 3.23. The minimum atomic E-state index is -0.464. The molecule has 3 aromatic rings. The van der Waals surface area contributed by atoms with Crippen molar-refractivity contribution in [1.29, 1.82) is 0 Å². The molecular weight excluding hydrogens is 340 g/mol. The fraction of sp³-hybridized carbons (Fsp3) is 0.222. The number of benzene rings is 1. The van der Waals surface area contributed by atoms with Crippen LogP contribution < -0.4 is 5.56 Å². The first-order valence-electron chi connectivity index (χ1n) is 7.76. The molecule has 0 unspecified atom stereocenters. The Morgan fingerprint density at radius 1 is 1.24 bits per heavy atom. The van der Waals surface area contributed by atoms with Gasteiger partial charge in [0, 0.05) is 5.56 Å². The molecule has 2 aromatic heterocycles. The highest BCUT2D eigenvalue weighted by Gasteiger charge is 2.20. The Bertz CT molecular complexity index is 1010. The maximum atomic E-state index is 12.7. The average molecular weight is 356 g/mol. The van der Waals surface area contributed by atoms with Crippen molar-refractivity contribution in [2.24, 2.45) is 0 Å². The summed E-state index contributed by atoms with van der Waals surface area (Å²) in [5.74, 6) is -0.642. The van der Waals surface area contributed by atoms with Crippen molar-refractivity contribution in [2.45, 2.75) is 20.4 Å². The van der Waals surface area contributed by atoms with E-state index < -0.39 is 5.97 Å². The standard InChI is InChI=1S/C18H16N2O4S/c1-3-24-18(23)15-11(2)14-16(25-15)19-10-20(17(14)22)9-13(21)12-7-5-4-6-8-12/h4-8,10H,3,9H2,1-2H3. The molecule has 0 saturated heterocycles. The van der Waals surface area contributed by atoms with E-state index in [-0.39, 0.29) is 24.5 Å². The lowest BCUT2D eigenvalue weighted by Crippen LogP contribution is -2.24. The molecule has 1 aromatic carbocycles. The molecule has 0 aliphatic carbocycles. The third-order valence-corrected chi connectivity index (χ3v) is 4.97. The Morgan fingerprint density at radius 3 is 2.64 bits per heavy atom. The summed E-state index contributed by atoms with van der Waals surface area (Å²) >= 11 is 1.13. The van der Waals surface area contributed by atoms with Crippen molar-refractivity contribution in [2.75, 3.05) is 6.61 Å². The number of fused-ring (bicyclic) bond motifs is 1. The molecule has 0 atom stereocenters. The smallest absolute Gasteiger partial charge is 0.348 e. The maximum Gasteiger partial charge on any atom is 0.348 e. The van der Waals surface area contributed by atoms with E-state index in [0.29, 0.717) is 26.2 Å². The molecular formula is C18H16N2O4S. The number of esters is 1. The number of aromatic nitrogens is 2. The van der Waals surface area contributed by atoms with Crippen molar-refractivity contribution < 1.29 is 14.3 Å². The van der Waals surface area contributed by atoms with E-state index in [2.05, 4.69) is 4.98 Å². The predicted molar refractivity (Wildman–Crippen MR) is 95.3 cm³/mol. The number of carbonyl (C=O) groups is 2. The van der Waals surface area contributed by atoms with Crippen LogP contribution in [0.3, 0.4) is 0 Å². The molecule has 128 valence electrons. The van der Waals surface area contributed by atoms with Gasteiger partial charge in [-0.3, -0.25) is 14.2 Å². The topological polar surface area (TPSA) is 78.3 Å². The lowest BCUT2D eigenvalue weighted by molar-refractivity contribution is 0.0531. The first-order valence-corrected chi connectivity index (χ1v) is 8.58. The minimum Gasteiger partial charge on any atom is -0.462 e. The van der Waals surface area contributed by atoms with Gasteiger partial charge in [-0.1, -0.05) is 30.3 Å². The number of rotatable bonds is 5. The van der Waals surface area contributed by atoms with Crippen LogP contribution in [0.1, 0.15) is 32.5 Å². The normalized spacial score (nSPS) is 10.8. The highest BCUT2D eigenvalue weighted by atomic mass is 32.1. The summed E-state index contributed by atoms with van der Waals surface area (Å²) < 4.78 is 6.28. The maximum absolute atomic E-state index is 12.7. The van der Waals surface area contributed by atoms with Gasteiger partial charge in [-0.2, -0.15) is 0 Å². The van der Waals surface area contributed by atoms with Gasteiger partial charge in [-0.15, -0.1) is 11.3 Å². The lowest BCUT2D eigenvalue weighted by atomic mass is 10.1. The predicted octanol–water partition coefficient (Wildman–Crippen LogP) is 2.83. The molecule has 0 amide bonds. The monoisotopic (exact) mass is 356 g/mol. The Kier molecular flexibility index (Phi) is 4.76. The van der Waals surface area contributed by atoms with Crippen LogP contribution in [0.4, 0.5) is 0 Å². The summed E-state index contributed by atoms with van der Waals surface area (Å²) in [5.41, 5.74) is 0.736. The van der Waals surface area contributed by atoms with E-state index in [1.54, 1.807) is 38.1 Å². The number of carbonyl (C=O) groups excluding carboxylic acids is 2. The Balaban J connectivity index is 2.00. The molecule has 0 radical (unpaired) electrons. The minimum absolute atomic E-state index is 0.101. The molecule has 3 rings (SSSR count). The number of ether oxygens (including phenoxy) is 1. The number of ketones is 1. The van der Waals surface area contributed by atoms with Gasteiger partial charge in [0.25, 0.3) is 5.56 Å². The number of nitrogens with zero attached hydrogens (tertiary/aromatic N) is 2. The molecule has 2 heterocycles. The van der Waals surface area contributed by atoms with Crippen LogP contribution in [0.2, 0.25) is 0 Å². The van der Waals surface area contributed by atoms with Gasteiger partial charge in [0.15, 0.2) is 5.78 Å². The summed E-state index contributed by atoms with van der Waals surface area (Å²) in [7, 11) is 0. The van der Waals surface area contributed by atoms with Crippen LogP contribution in [0.15, 0.2) is 41.5 Å². The van der Waals surface area contributed by atoms with E-state index >= 15 is 0 Å². The second-order valence-electron chi connectivity index (χ2n) is 5.42. The van der Waals surface area contributed by atoms with Crippen LogP contribution >= 0.6 is 11.3 Å². The zero-order valence-electron chi connectivity index (χ0n) is 13.8. The second-order valence-corrected chi connectivity index (χ2v) is 6.42. The number of aryl methyl sites for hydroxylation is 1. The van der Waals surface area contributed by atoms with Crippen molar-refractivity contribution in [3.8, 4) is 0 Å². The highest BCUT2D eigenvalue weighted by Crippen LogP contribution is 2.27. The zero-order chi connectivity index (χ0) is 18.0. The van der Waals surface area contributed by atoms with Gasteiger partial charge in [0.1, 0.15) is 9.71 Å². The van der Waals surface area contributed by atoms with E-state index in [1.807, 2.05) is 6.07 Å². The lowest BCUT2D eigenvalue weighted by Gasteiger charge is -2.05. The number of hydrogen-bond acceptors (Lipinski definition) is 6.